The minimum Gasteiger partial charge on any atom is -0.383 e. The fraction of sp³-hybridized carbons (Fsp3) is 0.0909. The van der Waals surface area contributed by atoms with Crippen LogP contribution in [-0.4, -0.2) is 9.97 Å². The fourth-order valence-electron chi connectivity index (χ4n) is 1.26. The highest BCUT2D eigenvalue weighted by Crippen LogP contribution is 2.27. The molecular formula is C11H10BrClN4. The highest BCUT2D eigenvalue weighted by Gasteiger charge is 2.07. The van der Waals surface area contributed by atoms with Gasteiger partial charge in [-0.3, -0.25) is 0 Å². The number of aryl methyl sites for hydroxylation is 1. The molecule has 0 bridgehead atoms. The standard InChI is InChI=1S/C11H10BrClN4/c1-6-2-4-7(5-3-6)15-11-16-9(13)8(12)10(14)17-11/h2-5H,1H3,(H3,14,15,16,17). The van der Waals surface area contributed by atoms with Crippen molar-refractivity contribution in [2.75, 3.05) is 11.1 Å². The summed E-state index contributed by atoms with van der Waals surface area (Å²) in [4.78, 5) is 8.14. The minimum atomic E-state index is 0.284. The van der Waals surface area contributed by atoms with Gasteiger partial charge in [-0.15, -0.1) is 0 Å². The van der Waals surface area contributed by atoms with E-state index in [4.69, 9.17) is 17.3 Å². The molecule has 0 amide bonds. The Morgan fingerprint density at radius 3 is 2.47 bits per heavy atom. The van der Waals surface area contributed by atoms with E-state index < -0.39 is 0 Å². The molecule has 0 aliphatic heterocycles. The Hall–Kier alpha value is -1.33. The number of nitrogen functional groups attached to an aromatic ring is 1. The normalized spacial score (nSPS) is 10.3. The average Bonchev–Trinajstić information content (AvgIpc) is 2.29. The number of hydrogen-bond donors (Lipinski definition) is 2. The Kier molecular flexibility index (Phi) is 3.49. The zero-order valence-electron chi connectivity index (χ0n) is 9.04. The predicted molar refractivity (Wildman–Crippen MR) is 73.6 cm³/mol. The van der Waals surface area contributed by atoms with Crippen molar-refractivity contribution in [3.63, 3.8) is 0 Å². The molecule has 0 spiro atoms. The minimum absolute atomic E-state index is 0.284. The molecule has 0 atom stereocenters. The molecule has 0 fully saturated rings. The van der Waals surface area contributed by atoms with Crippen molar-refractivity contribution in [2.24, 2.45) is 0 Å². The van der Waals surface area contributed by atoms with Crippen LogP contribution >= 0.6 is 27.5 Å². The molecule has 4 nitrogen and oxygen atoms in total. The van der Waals surface area contributed by atoms with Gasteiger partial charge >= 0.3 is 0 Å². The summed E-state index contributed by atoms with van der Waals surface area (Å²) < 4.78 is 0.508. The lowest BCUT2D eigenvalue weighted by Gasteiger charge is -2.07. The van der Waals surface area contributed by atoms with Gasteiger partial charge in [-0.1, -0.05) is 29.3 Å². The number of rotatable bonds is 2. The summed E-state index contributed by atoms with van der Waals surface area (Å²) >= 11 is 9.09. The molecular weight excluding hydrogens is 304 g/mol. The van der Waals surface area contributed by atoms with Crippen LogP contribution in [0.1, 0.15) is 5.56 Å². The number of nitrogens with two attached hydrogens (primary N) is 1. The van der Waals surface area contributed by atoms with Gasteiger partial charge in [-0.25, -0.2) is 0 Å². The van der Waals surface area contributed by atoms with Crippen LogP contribution in [-0.2, 0) is 0 Å². The maximum Gasteiger partial charge on any atom is 0.230 e. The van der Waals surface area contributed by atoms with E-state index in [0.717, 1.165) is 5.69 Å². The Morgan fingerprint density at radius 1 is 1.24 bits per heavy atom. The summed E-state index contributed by atoms with van der Waals surface area (Å²) in [7, 11) is 0. The van der Waals surface area contributed by atoms with Crippen molar-refractivity contribution in [1.29, 1.82) is 0 Å². The van der Waals surface area contributed by atoms with E-state index in [9.17, 15) is 0 Å². The van der Waals surface area contributed by atoms with E-state index in [1.54, 1.807) is 0 Å². The van der Waals surface area contributed by atoms with Gasteiger partial charge in [-0.2, -0.15) is 9.97 Å². The summed E-state index contributed by atoms with van der Waals surface area (Å²) in [6.07, 6.45) is 0. The van der Waals surface area contributed by atoms with Gasteiger partial charge in [0, 0.05) is 5.69 Å². The first-order chi connectivity index (χ1) is 8.06. The highest BCUT2D eigenvalue weighted by molar-refractivity contribution is 9.10. The monoisotopic (exact) mass is 312 g/mol. The molecule has 3 N–H and O–H groups in total. The molecule has 0 aliphatic rings. The van der Waals surface area contributed by atoms with Crippen molar-refractivity contribution < 1.29 is 0 Å². The lowest BCUT2D eigenvalue weighted by atomic mass is 10.2. The molecule has 0 aliphatic carbocycles. The van der Waals surface area contributed by atoms with E-state index in [2.05, 4.69) is 31.2 Å². The smallest absolute Gasteiger partial charge is 0.230 e. The summed E-state index contributed by atoms with van der Waals surface area (Å²) in [6, 6.07) is 7.86. The summed E-state index contributed by atoms with van der Waals surface area (Å²) in [5.41, 5.74) is 7.74. The molecule has 88 valence electrons. The maximum absolute atomic E-state index is 5.89. The predicted octanol–water partition coefficient (Wildman–Crippen LogP) is 3.53. The first-order valence-electron chi connectivity index (χ1n) is 4.88. The topological polar surface area (TPSA) is 63.8 Å². The van der Waals surface area contributed by atoms with Gasteiger partial charge < -0.3 is 11.1 Å². The van der Waals surface area contributed by atoms with Crippen LogP contribution in [0.3, 0.4) is 0 Å². The number of benzene rings is 1. The first-order valence-corrected chi connectivity index (χ1v) is 6.05. The second-order valence-electron chi connectivity index (χ2n) is 3.53. The van der Waals surface area contributed by atoms with E-state index >= 15 is 0 Å². The number of halogens is 2. The molecule has 1 aromatic heterocycles. The van der Waals surface area contributed by atoms with E-state index in [-0.39, 0.29) is 5.15 Å². The van der Waals surface area contributed by atoms with Crippen LogP contribution < -0.4 is 11.1 Å². The number of hydrogen-bond acceptors (Lipinski definition) is 4. The largest absolute Gasteiger partial charge is 0.383 e. The van der Waals surface area contributed by atoms with Crippen molar-refractivity contribution in [3.8, 4) is 0 Å². The Morgan fingerprint density at radius 2 is 1.88 bits per heavy atom. The third kappa shape index (κ3) is 2.87. The van der Waals surface area contributed by atoms with Gasteiger partial charge in [-0.05, 0) is 35.0 Å². The second-order valence-corrected chi connectivity index (χ2v) is 4.68. The van der Waals surface area contributed by atoms with Gasteiger partial charge in [0.1, 0.15) is 5.82 Å². The van der Waals surface area contributed by atoms with Crippen molar-refractivity contribution in [1.82, 2.24) is 9.97 Å². The van der Waals surface area contributed by atoms with Crippen LogP contribution in [0.25, 0.3) is 0 Å². The lowest BCUT2D eigenvalue weighted by molar-refractivity contribution is 1.16. The highest BCUT2D eigenvalue weighted by atomic mass is 79.9. The zero-order chi connectivity index (χ0) is 12.4. The van der Waals surface area contributed by atoms with Crippen LogP contribution in [0.2, 0.25) is 5.15 Å². The molecule has 0 unspecified atom stereocenters. The molecule has 0 radical (unpaired) electrons. The van der Waals surface area contributed by atoms with E-state index in [0.29, 0.717) is 16.2 Å². The van der Waals surface area contributed by atoms with Gasteiger partial charge in [0.25, 0.3) is 0 Å². The van der Waals surface area contributed by atoms with E-state index in [1.807, 2.05) is 31.2 Å². The third-order valence-electron chi connectivity index (χ3n) is 2.14. The summed E-state index contributed by atoms with van der Waals surface area (Å²) in [5, 5.41) is 3.32. The summed E-state index contributed by atoms with van der Waals surface area (Å²) in [6.45, 7) is 2.02. The van der Waals surface area contributed by atoms with Gasteiger partial charge in [0.2, 0.25) is 5.95 Å². The Balaban J connectivity index is 2.27. The molecule has 0 saturated heterocycles. The molecule has 17 heavy (non-hydrogen) atoms. The molecule has 1 heterocycles. The number of anilines is 3. The Bertz CT molecular complexity index is 519. The van der Waals surface area contributed by atoms with E-state index in [1.165, 1.54) is 5.56 Å². The number of nitrogens with zero attached hydrogens (tertiary/aromatic N) is 2. The zero-order valence-corrected chi connectivity index (χ0v) is 11.4. The molecule has 2 aromatic rings. The molecule has 1 aromatic carbocycles. The molecule has 2 rings (SSSR count). The SMILES string of the molecule is Cc1ccc(Nc2nc(N)c(Br)c(Cl)n2)cc1. The lowest BCUT2D eigenvalue weighted by Crippen LogP contribution is -2.01. The molecule has 0 saturated carbocycles. The van der Waals surface area contributed by atoms with Crippen molar-refractivity contribution in [3.05, 3.63) is 39.5 Å². The number of nitrogens with one attached hydrogen (secondary N) is 1. The third-order valence-corrected chi connectivity index (χ3v) is 3.43. The van der Waals surface area contributed by atoms with Crippen molar-refractivity contribution >= 4 is 45.0 Å². The van der Waals surface area contributed by atoms with Crippen LogP contribution in [0.5, 0.6) is 0 Å². The van der Waals surface area contributed by atoms with Gasteiger partial charge in [0.05, 0.1) is 4.47 Å². The first kappa shape index (κ1) is 12.1. The van der Waals surface area contributed by atoms with Crippen molar-refractivity contribution in [2.45, 2.75) is 6.92 Å². The number of aromatic nitrogens is 2. The van der Waals surface area contributed by atoms with Crippen LogP contribution in [0, 0.1) is 6.92 Å². The Labute approximate surface area is 112 Å². The van der Waals surface area contributed by atoms with Gasteiger partial charge in [0.15, 0.2) is 5.15 Å². The summed E-state index contributed by atoms with van der Waals surface area (Å²) in [5.74, 6) is 0.680. The quantitative estimate of drug-likeness (QED) is 0.833. The second kappa shape index (κ2) is 4.89. The van der Waals surface area contributed by atoms with Crippen LogP contribution in [0.15, 0.2) is 28.7 Å². The maximum atomic E-state index is 5.89. The van der Waals surface area contributed by atoms with Crippen LogP contribution in [0.4, 0.5) is 17.5 Å². The average molecular weight is 314 g/mol. The molecule has 6 heteroatoms. The fourth-order valence-corrected chi connectivity index (χ4v) is 1.61.